The van der Waals surface area contributed by atoms with Crippen molar-refractivity contribution < 1.29 is 4.18 Å². The Hall–Kier alpha value is 0.310. The average molecular weight is 174 g/mol. The van der Waals surface area contributed by atoms with Gasteiger partial charge in [-0.2, -0.15) is 0 Å². The van der Waals surface area contributed by atoms with Gasteiger partial charge in [-0.25, -0.2) is 0 Å². The highest BCUT2D eigenvalue weighted by atomic mass is 32.2. The molecule has 0 unspecified atom stereocenters. The molecule has 1 nitrogen and oxygen atoms in total. The van der Waals surface area contributed by atoms with E-state index in [4.69, 9.17) is 4.18 Å². The van der Waals surface area contributed by atoms with Gasteiger partial charge in [-0.05, 0) is 37.7 Å². The molecule has 0 aromatic rings. The Bertz CT molecular complexity index is 110. The third-order valence-corrected chi connectivity index (χ3v) is 3.60. The van der Waals surface area contributed by atoms with Gasteiger partial charge in [-0.3, -0.25) is 0 Å². The molecule has 1 saturated carbocycles. The predicted molar refractivity (Wildman–Crippen MR) is 50.7 cm³/mol. The van der Waals surface area contributed by atoms with Crippen LogP contribution in [0.1, 0.15) is 46.0 Å². The van der Waals surface area contributed by atoms with Crippen LogP contribution in [0.2, 0.25) is 0 Å². The summed E-state index contributed by atoms with van der Waals surface area (Å²) in [7, 11) is 0. The Morgan fingerprint density at radius 1 is 1.36 bits per heavy atom. The third-order valence-electron chi connectivity index (χ3n) is 2.27. The lowest BCUT2D eigenvalue weighted by Crippen LogP contribution is -2.01. The van der Waals surface area contributed by atoms with Crippen molar-refractivity contribution >= 4 is 12.0 Å². The van der Waals surface area contributed by atoms with Crippen LogP contribution < -0.4 is 0 Å². The largest absolute Gasteiger partial charge is 0.315 e. The molecule has 0 bridgehead atoms. The first-order valence-corrected chi connectivity index (χ1v) is 5.38. The Morgan fingerprint density at radius 2 is 2.09 bits per heavy atom. The Balaban J connectivity index is 1.94. The van der Waals surface area contributed by atoms with Crippen LogP contribution in [0.25, 0.3) is 0 Å². The van der Waals surface area contributed by atoms with E-state index in [1.807, 2.05) is 0 Å². The molecule has 0 aromatic carbocycles. The molecule has 0 atom stereocenters. The average Bonchev–Trinajstić information content (AvgIpc) is 2.80. The minimum Gasteiger partial charge on any atom is -0.315 e. The molecule has 0 saturated heterocycles. The zero-order valence-electron chi connectivity index (χ0n) is 7.56. The van der Waals surface area contributed by atoms with Crippen LogP contribution in [-0.2, 0) is 4.18 Å². The summed E-state index contributed by atoms with van der Waals surface area (Å²) in [5.74, 6) is 0. The highest BCUT2D eigenvalue weighted by Crippen LogP contribution is 2.51. The standard InChI is InChI=1S/C9H18OS/c1-3-5-8-10-11-9(4-2)6-7-9/h3-8H2,1-2H3. The second kappa shape index (κ2) is 4.36. The van der Waals surface area contributed by atoms with Crippen molar-refractivity contribution in [3.63, 3.8) is 0 Å². The van der Waals surface area contributed by atoms with E-state index < -0.39 is 0 Å². The summed E-state index contributed by atoms with van der Waals surface area (Å²) in [6.45, 7) is 5.38. The van der Waals surface area contributed by atoms with Crippen molar-refractivity contribution in [1.29, 1.82) is 0 Å². The summed E-state index contributed by atoms with van der Waals surface area (Å²) in [6.07, 6.45) is 6.43. The molecule has 2 heteroatoms. The molecule has 0 radical (unpaired) electrons. The maximum atomic E-state index is 5.51. The number of hydrogen-bond donors (Lipinski definition) is 0. The quantitative estimate of drug-likeness (QED) is 0.451. The molecule has 0 spiro atoms. The van der Waals surface area contributed by atoms with Gasteiger partial charge < -0.3 is 4.18 Å². The molecule has 66 valence electrons. The van der Waals surface area contributed by atoms with Crippen molar-refractivity contribution in [3.8, 4) is 0 Å². The smallest absolute Gasteiger partial charge is 0.0614 e. The molecule has 0 heterocycles. The minimum absolute atomic E-state index is 0.535. The van der Waals surface area contributed by atoms with Crippen LogP contribution in [-0.4, -0.2) is 11.4 Å². The van der Waals surface area contributed by atoms with E-state index in [-0.39, 0.29) is 0 Å². The highest BCUT2D eigenvalue weighted by Gasteiger charge is 2.42. The Morgan fingerprint density at radius 3 is 2.55 bits per heavy atom. The molecule has 0 amide bonds. The van der Waals surface area contributed by atoms with E-state index in [1.165, 1.54) is 32.1 Å². The van der Waals surface area contributed by atoms with Gasteiger partial charge in [-0.1, -0.05) is 20.3 Å². The van der Waals surface area contributed by atoms with Gasteiger partial charge in [0.2, 0.25) is 0 Å². The summed E-state index contributed by atoms with van der Waals surface area (Å²) in [5.41, 5.74) is 0. The fourth-order valence-electron chi connectivity index (χ4n) is 1.01. The van der Waals surface area contributed by atoms with Crippen LogP contribution >= 0.6 is 12.0 Å². The maximum Gasteiger partial charge on any atom is 0.0614 e. The topological polar surface area (TPSA) is 9.23 Å². The van der Waals surface area contributed by atoms with Gasteiger partial charge in [0.05, 0.1) is 6.61 Å². The third kappa shape index (κ3) is 3.04. The molecule has 1 aliphatic carbocycles. The van der Waals surface area contributed by atoms with Gasteiger partial charge in [0.15, 0.2) is 0 Å². The Labute approximate surface area is 74.1 Å². The molecule has 0 aromatic heterocycles. The lowest BCUT2D eigenvalue weighted by atomic mass is 10.3. The normalized spacial score (nSPS) is 20.2. The van der Waals surface area contributed by atoms with E-state index in [0.29, 0.717) is 4.75 Å². The second-order valence-electron chi connectivity index (χ2n) is 3.30. The molecular formula is C9H18OS. The fourth-order valence-corrected chi connectivity index (χ4v) is 1.84. The van der Waals surface area contributed by atoms with Crippen molar-refractivity contribution in [2.75, 3.05) is 6.61 Å². The molecule has 1 rings (SSSR count). The number of hydrogen-bond acceptors (Lipinski definition) is 2. The van der Waals surface area contributed by atoms with E-state index in [2.05, 4.69) is 13.8 Å². The second-order valence-corrected chi connectivity index (χ2v) is 4.56. The summed E-state index contributed by atoms with van der Waals surface area (Å²) in [4.78, 5) is 0. The molecule has 0 aliphatic heterocycles. The monoisotopic (exact) mass is 174 g/mol. The van der Waals surface area contributed by atoms with Gasteiger partial charge in [-0.15, -0.1) is 0 Å². The zero-order valence-corrected chi connectivity index (χ0v) is 8.38. The van der Waals surface area contributed by atoms with Crippen LogP contribution in [0.4, 0.5) is 0 Å². The van der Waals surface area contributed by atoms with Gasteiger partial charge in [0, 0.05) is 4.75 Å². The number of unbranched alkanes of at least 4 members (excludes halogenated alkanes) is 1. The van der Waals surface area contributed by atoms with Gasteiger partial charge in [0.1, 0.15) is 0 Å². The predicted octanol–water partition coefficient (Wildman–Crippen LogP) is 3.39. The first kappa shape index (κ1) is 9.40. The first-order chi connectivity index (χ1) is 5.33. The lowest BCUT2D eigenvalue weighted by molar-refractivity contribution is 0.357. The van der Waals surface area contributed by atoms with Gasteiger partial charge >= 0.3 is 0 Å². The SMILES string of the molecule is CCCCOSC1(CC)CC1. The highest BCUT2D eigenvalue weighted by molar-refractivity contribution is 7.96. The van der Waals surface area contributed by atoms with Crippen molar-refractivity contribution in [3.05, 3.63) is 0 Å². The fraction of sp³-hybridized carbons (Fsp3) is 1.00. The van der Waals surface area contributed by atoms with E-state index in [9.17, 15) is 0 Å². The molecule has 0 N–H and O–H groups in total. The molecule has 1 aliphatic rings. The molecule has 11 heavy (non-hydrogen) atoms. The Kier molecular flexibility index (Phi) is 3.73. The minimum atomic E-state index is 0.535. The van der Waals surface area contributed by atoms with Crippen molar-refractivity contribution in [2.24, 2.45) is 0 Å². The van der Waals surface area contributed by atoms with E-state index in [1.54, 1.807) is 12.0 Å². The van der Waals surface area contributed by atoms with Crippen LogP contribution in [0.3, 0.4) is 0 Å². The molecule has 1 fully saturated rings. The summed E-state index contributed by atoms with van der Waals surface area (Å²) < 4.78 is 6.04. The summed E-state index contributed by atoms with van der Waals surface area (Å²) in [5, 5.41) is 0. The first-order valence-electron chi connectivity index (χ1n) is 4.63. The van der Waals surface area contributed by atoms with E-state index in [0.717, 1.165) is 6.61 Å². The zero-order chi connectivity index (χ0) is 8.16. The maximum absolute atomic E-state index is 5.51. The van der Waals surface area contributed by atoms with Crippen molar-refractivity contribution in [2.45, 2.75) is 50.7 Å². The van der Waals surface area contributed by atoms with Crippen LogP contribution in [0, 0.1) is 0 Å². The summed E-state index contributed by atoms with van der Waals surface area (Å²) >= 11 is 1.73. The van der Waals surface area contributed by atoms with Crippen LogP contribution in [0.15, 0.2) is 0 Å². The lowest BCUT2D eigenvalue weighted by Gasteiger charge is -2.10. The van der Waals surface area contributed by atoms with Crippen LogP contribution in [0.5, 0.6) is 0 Å². The van der Waals surface area contributed by atoms with Gasteiger partial charge in [0.25, 0.3) is 0 Å². The summed E-state index contributed by atoms with van der Waals surface area (Å²) in [6, 6.07) is 0. The number of rotatable bonds is 6. The molecular weight excluding hydrogens is 156 g/mol. The van der Waals surface area contributed by atoms with E-state index >= 15 is 0 Å². The van der Waals surface area contributed by atoms with Crippen molar-refractivity contribution in [1.82, 2.24) is 0 Å².